The summed E-state index contributed by atoms with van der Waals surface area (Å²) in [4.78, 5) is 39.6. The van der Waals surface area contributed by atoms with Crippen molar-refractivity contribution in [2.45, 2.75) is 58.9 Å². The molecule has 0 bridgehead atoms. The van der Waals surface area contributed by atoms with Crippen LogP contribution < -0.4 is 10.6 Å². The number of halogens is 1. The zero-order valence-electron chi connectivity index (χ0n) is 19.0. The van der Waals surface area contributed by atoms with Crippen LogP contribution in [0, 0.1) is 0 Å². The molecular formula is C25H30ClN3O3. The predicted octanol–water partition coefficient (Wildman–Crippen LogP) is 4.82. The minimum Gasteiger partial charge on any atom is -0.324 e. The average Bonchev–Trinajstić information content (AvgIpc) is 2.98. The first-order valence-corrected chi connectivity index (χ1v) is 11.5. The van der Waals surface area contributed by atoms with Gasteiger partial charge in [-0.2, -0.15) is 0 Å². The van der Waals surface area contributed by atoms with Gasteiger partial charge in [0, 0.05) is 10.7 Å². The molecule has 6 nitrogen and oxygen atoms in total. The summed E-state index contributed by atoms with van der Waals surface area (Å²) in [6.07, 6.45) is 3.35. The van der Waals surface area contributed by atoms with E-state index in [9.17, 15) is 14.4 Å². The monoisotopic (exact) mass is 455 g/mol. The van der Waals surface area contributed by atoms with Crippen LogP contribution in [0.1, 0.15) is 56.4 Å². The number of aryl methyl sites for hydroxylation is 2. The molecule has 0 aliphatic carbocycles. The fraction of sp³-hybridized carbons (Fsp3) is 0.400. The maximum atomic E-state index is 13.2. The molecule has 1 aliphatic rings. The standard InChI is InChI=1S/C25H30ClN3O3/c1-5-8-16-9-12-18(13-10-16)25(4)23(31)29(24(32)28-25)15-21(30)27-22-17(6-2)11-14-20(26)19(22)7-3/h9-14H,5-8,15H2,1-4H3,(H,27,30)(H,28,32). The Bertz CT molecular complexity index is 1040. The Labute approximate surface area is 194 Å². The van der Waals surface area contributed by atoms with Gasteiger partial charge in [-0.25, -0.2) is 4.79 Å². The van der Waals surface area contributed by atoms with Crippen LogP contribution in [0.4, 0.5) is 10.5 Å². The van der Waals surface area contributed by atoms with Gasteiger partial charge in [-0.1, -0.05) is 69.1 Å². The lowest BCUT2D eigenvalue weighted by Crippen LogP contribution is -2.42. The third kappa shape index (κ3) is 4.51. The Balaban J connectivity index is 1.79. The van der Waals surface area contributed by atoms with E-state index in [1.54, 1.807) is 6.92 Å². The fourth-order valence-electron chi connectivity index (χ4n) is 4.12. The second kappa shape index (κ2) is 9.74. The van der Waals surface area contributed by atoms with Crippen LogP contribution in [0.25, 0.3) is 0 Å². The zero-order chi connectivity index (χ0) is 23.5. The number of rotatable bonds is 8. The summed E-state index contributed by atoms with van der Waals surface area (Å²) in [7, 11) is 0. The van der Waals surface area contributed by atoms with Crippen molar-refractivity contribution in [1.29, 1.82) is 0 Å². The highest BCUT2D eigenvalue weighted by Crippen LogP contribution is 2.31. The highest BCUT2D eigenvalue weighted by atomic mass is 35.5. The minimum absolute atomic E-state index is 0.368. The normalized spacial score (nSPS) is 18.1. The van der Waals surface area contributed by atoms with Crippen molar-refractivity contribution < 1.29 is 14.4 Å². The Morgan fingerprint density at radius 3 is 2.34 bits per heavy atom. The number of benzene rings is 2. The van der Waals surface area contributed by atoms with Crippen LogP contribution in [0.3, 0.4) is 0 Å². The van der Waals surface area contributed by atoms with Crippen molar-refractivity contribution in [3.63, 3.8) is 0 Å². The maximum Gasteiger partial charge on any atom is 0.325 e. The van der Waals surface area contributed by atoms with Gasteiger partial charge in [0.15, 0.2) is 0 Å². The van der Waals surface area contributed by atoms with Gasteiger partial charge >= 0.3 is 6.03 Å². The van der Waals surface area contributed by atoms with Gasteiger partial charge in [-0.05, 0) is 54.5 Å². The first-order chi connectivity index (χ1) is 15.2. The van der Waals surface area contributed by atoms with Gasteiger partial charge in [-0.3, -0.25) is 14.5 Å². The van der Waals surface area contributed by atoms with Gasteiger partial charge in [-0.15, -0.1) is 0 Å². The molecule has 3 rings (SSSR count). The second-order valence-electron chi connectivity index (χ2n) is 8.21. The third-order valence-electron chi connectivity index (χ3n) is 5.99. The molecule has 4 amide bonds. The van der Waals surface area contributed by atoms with E-state index in [0.29, 0.717) is 22.7 Å². The lowest BCUT2D eigenvalue weighted by atomic mass is 9.91. The molecule has 170 valence electrons. The van der Waals surface area contributed by atoms with Gasteiger partial charge in [0.1, 0.15) is 12.1 Å². The maximum absolute atomic E-state index is 13.2. The third-order valence-corrected chi connectivity index (χ3v) is 6.34. The van der Waals surface area contributed by atoms with E-state index in [1.165, 1.54) is 5.56 Å². The number of hydrogen-bond acceptors (Lipinski definition) is 3. The number of nitrogens with one attached hydrogen (secondary N) is 2. The quantitative estimate of drug-likeness (QED) is 0.560. The molecule has 2 aromatic rings. The first-order valence-electron chi connectivity index (χ1n) is 11.1. The number of carbonyl (C=O) groups excluding carboxylic acids is 3. The average molecular weight is 456 g/mol. The number of amides is 4. The van der Waals surface area contributed by atoms with Gasteiger partial charge in [0.25, 0.3) is 5.91 Å². The molecule has 1 heterocycles. The fourth-order valence-corrected chi connectivity index (χ4v) is 4.41. The number of carbonyl (C=O) groups is 3. The van der Waals surface area contributed by atoms with Crippen molar-refractivity contribution >= 4 is 35.1 Å². The van der Waals surface area contributed by atoms with E-state index >= 15 is 0 Å². The summed E-state index contributed by atoms with van der Waals surface area (Å²) < 4.78 is 0. The smallest absolute Gasteiger partial charge is 0.324 e. The first kappa shape index (κ1) is 23.8. The predicted molar refractivity (Wildman–Crippen MR) is 127 cm³/mol. The Morgan fingerprint density at radius 1 is 1.06 bits per heavy atom. The Morgan fingerprint density at radius 2 is 1.75 bits per heavy atom. The van der Waals surface area contributed by atoms with Crippen molar-refractivity contribution in [1.82, 2.24) is 10.2 Å². The molecule has 32 heavy (non-hydrogen) atoms. The molecule has 2 aromatic carbocycles. The highest BCUT2D eigenvalue weighted by molar-refractivity contribution is 6.32. The minimum atomic E-state index is -1.21. The summed E-state index contributed by atoms with van der Waals surface area (Å²) in [6.45, 7) is 7.36. The SMILES string of the molecule is CCCc1ccc(C2(C)NC(=O)N(CC(=O)Nc3c(CC)ccc(Cl)c3CC)C2=O)cc1. The summed E-state index contributed by atoms with van der Waals surface area (Å²) in [5.41, 5.74) is 3.11. The number of urea groups is 1. The molecule has 7 heteroatoms. The molecule has 1 fully saturated rings. The molecule has 1 saturated heterocycles. The second-order valence-corrected chi connectivity index (χ2v) is 8.62. The van der Waals surface area contributed by atoms with Crippen LogP contribution in [-0.4, -0.2) is 29.3 Å². The van der Waals surface area contributed by atoms with Crippen molar-refractivity contribution in [2.24, 2.45) is 0 Å². The van der Waals surface area contributed by atoms with Gasteiger partial charge in [0.2, 0.25) is 5.91 Å². The molecule has 1 unspecified atom stereocenters. The number of nitrogens with zero attached hydrogens (tertiary/aromatic N) is 1. The molecule has 0 radical (unpaired) electrons. The largest absolute Gasteiger partial charge is 0.325 e. The molecule has 2 N–H and O–H groups in total. The number of imide groups is 1. The van der Waals surface area contributed by atoms with E-state index in [4.69, 9.17) is 11.6 Å². The molecule has 0 saturated carbocycles. The van der Waals surface area contributed by atoms with E-state index in [1.807, 2.05) is 50.2 Å². The topological polar surface area (TPSA) is 78.5 Å². The van der Waals surface area contributed by atoms with Crippen LogP contribution in [-0.2, 0) is 34.4 Å². The van der Waals surface area contributed by atoms with Crippen molar-refractivity contribution in [3.8, 4) is 0 Å². The highest BCUT2D eigenvalue weighted by Gasteiger charge is 2.49. The van der Waals surface area contributed by atoms with Crippen LogP contribution in [0.5, 0.6) is 0 Å². The Kier molecular flexibility index (Phi) is 7.24. The Hall–Kier alpha value is -2.86. The van der Waals surface area contributed by atoms with Crippen LogP contribution in [0.2, 0.25) is 5.02 Å². The molecular weight excluding hydrogens is 426 g/mol. The van der Waals surface area contributed by atoms with Crippen LogP contribution in [0.15, 0.2) is 36.4 Å². The lowest BCUT2D eigenvalue weighted by molar-refractivity contribution is -0.133. The molecule has 0 aromatic heterocycles. The number of anilines is 1. The van der Waals surface area contributed by atoms with E-state index in [2.05, 4.69) is 17.6 Å². The number of hydrogen-bond donors (Lipinski definition) is 2. The lowest BCUT2D eigenvalue weighted by Gasteiger charge is -2.22. The zero-order valence-corrected chi connectivity index (χ0v) is 19.8. The van der Waals surface area contributed by atoms with Gasteiger partial charge in [0.05, 0.1) is 0 Å². The van der Waals surface area contributed by atoms with Gasteiger partial charge < -0.3 is 10.6 Å². The van der Waals surface area contributed by atoms with Crippen molar-refractivity contribution in [2.75, 3.05) is 11.9 Å². The van der Waals surface area contributed by atoms with Crippen molar-refractivity contribution in [3.05, 3.63) is 63.7 Å². The molecule has 1 aliphatic heterocycles. The van der Waals surface area contributed by atoms with E-state index in [0.717, 1.165) is 35.3 Å². The van der Waals surface area contributed by atoms with Crippen LogP contribution >= 0.6 is 11.6 Å². The summed E-state index contributed by atoms with van der Waals surface area (Å²) >= 11 is 6.31. The van der Waals surface area contributed by atoms with E-state index < -0.39 is 23.4 Å². The summed E-state index contributed by atoms with van der Waals surface area (Å²) in [5, 5.41) is 6.22. The summed E-state index contributed by atoms with van der Waals surface area (Å²) in [5.74, 6) is -0.888. The molecule has 0 spiro atoms. The summed E-state index contributed by atoms with van der Waals surface area (Å²) in [6, 6.07) is 10.8. The van der Waals surface area contributed by atoms with E-state index in [-0.39, 0.29) is 6.54 Å². The molecule has 1 atom stereocenters.